The minimum Gasteiger partial charge on any atom is -0.458 e. The lowest BCUT2D eigenvalue weighted by Crippen LogP contribution is -2.54. The molecule has 1 N–H and O–H groups in total. The minimum atomic E-state index is -0.180. The summed E-state index contributed by atoms with van der Waals surface area (Å²) in [6.45, 7) is 3.36. The first-order chi connectivity index (χ1) is 12.6. The summed E-state index contributed by atoms with van der Waals surface area (Å²) in [5.41, 5.74) is 1.73. The molecule has 0 bridgehead atoms. The van der Waals surface area contributed by atoms with Gasteiger partial charge >= 0.3 is 5.97 Å². The fourth-order valence-electron chi connectivity index (χ4n) is 8.56. The summed E-state index contributed by atoms with van der Waals surface area (Å²) in [5.74, 6) is 3.42. The zero-order valence-electron chi connectivity index (χ0n) is 16.2. The molecule has 5 aliphatic rings. The molecule has 0 radical (unpaired) electrons. The summed E-state index contributed by atoms with van der Waals surface area (Å²) in [7, 11) is 0. The van der Waals surface area contributed by atoms with Crippen molar-refractivity contribution in [2.45, 2.75) is 71.1 Å². The lowest BCUT2D eigenvalue weighted by Gasteiger charge is -2.61. The molecule has 0 aromatic heterocycles. The Morgan fingerprint density at radius 1 is 1.08 bits per heavy atom. The summed E-state index contributed by atoms with van der Waals surface area (Å²) >= 11 is 0. The third-order valence-electron chi connectivity index (χ3n) is 9.73. The Balaban J connectivity index is 1.46. The van der Waals surface area contributed by atoms with Gasteiger partial charge in [0.2, 0.25) is 0 Å². The summed E-state index contributed by atoms with van der Waals surface area (Å²) in [6, 6.07) is 0. The van der Waals surface area contributed by atoms with Gasteiger partial charge in [0, 0.05) is 18.1 Å². The number of hydrogen-bond donors (Lipinski definition) is 1. The van der Waals surface area contributed by atoms with Gasteiger partial charge in [-0.05, 0) is 91.9 Å². The first-order valence-electron chi connectivity index (χ1n) is 11.1. The number of ether oxygens (including phenoxy) is 1. The van der Waals surface area contributed by atoms with E-state index in [2.05, 4.69) is 6.92 Å². The monoisotopic (exact) mass is 358 g/mol. The Bertz CT molecular complexity index is 625. The summed E-state index contributed by atoms with van der Waals surface area (Å²) in [6.07, 6.45) is 15.0. The Morgan fingerprint density at radius 2 is 1.96 bits per heavy atom. The van der Waals surface area contributed by atoms with E-state index in [1.165, 1.54) is 56.9 Å². The van der Waals surface area contributed by atoms with Crippen molar-refractivity contribution in [2.24, 2.45) is 40.4 Å². The maximum absolute atomic E-state index is 11.6. The predicted octanol–water partition coefficient (Wildman–Crippen LogP) is 4.49. The molecule has 3 nitrogen and oxygen atoms in total. The number of carbonyl (C=O) groups excluding carboxylic acids is 1. The van der Waals surface area contributed by atoms with Crippen LogP contribution in [0, 0.1) is 40.4 Å². The van der Waals surface area contributed by atoms with Crippen LogP contribution in [0.2, 0.25) is 0 Å². The van der Waals surface area contributed by atoms with Crippen molar-refractivity contribution in [3.05, 3.63) is 11.6 Å². The van der Waals surface area contributed by atoms with Gasteiger partial charge in [0.1, 0.15) is 6.61 Å². The highest BCUT2D eigenvalue weighted by molar-refractivity contribution is 5.85. The van der Waals surface area contributed by atoms with E-state index in [9.17, 15) is 9.90 Å². The van der Waals surface area contributed by atoms with Crippen molar-refractivity contribution in [1.82, 2.24) is 0 Å². The van der Waals surface area contributed by atoms with Crippen LogP contribution in [-0.2, 0) is 9.53 Å². The topological polar surface area (TPSA) is 46.5 Å². The van der Waals surface area contributed by atoms with E-state index in [4.69, 9.17) is 4.74 Å². The quantitative estimate of drug-likeness (QED) is 0.740. The van der Waals surface area contributed by atoms with Crippen LogP contribution in [0.1, 0.15) is 71.1 Å². The van der Waals surface area contributed by atoms with E-state index in [1.807, 2.05) is 0 Å². The highest BCUT2D eigenvalue weighted by Crippen LogP contribution is 2.68. The lowest BCUT2D eigenvalue weighted by atomic mass is 9.44. The van der Waals surface area contributed by atoms with Crippen LogP contribution >= 0.6 is 0 Å². The Kier molecular flexibility index (Phi) is 4.05. The van der Waals surface area contributed by atoms with Crippen LogP contribution in [0.5, 0.6) is 0 Å². The Hall–Kier alpha value is -0.830. The molecule has 3 heteroatoms. The van der Waals surface area contributed by atoms with E-state index >= 15 is 0 Å². The molecule has 5 rings (SSSR count). The number of cyclic esters (lactones) is 1. The largest absolute Gasteiger partial charge is 0.458 e. The van der Waals surface area contributed by atoms with Gasteiger partial charge in [-0.25, -0.2) is 4.79 Å². The standard InChI is InChI=1S/C23H34O3/c1-22-10-3-2-4-16(22)5-6-17-19(22)9-11-23(14-24)18(7-8-20(17)23)15-12-21(25)26-13-15/h12,16-20,24H,2-11,13-14H2,1H3/t16?,17-,18-,19+,20-,22+,23+/m1/s1. The fraction of sp³-hybridized carbons (Fsp3) is 0.870. The summed E-state index contributed by atoms with van der Waals surface area (Å²) in [4.78, 5) is 11.6. The third-order valence-corrected chi connectivity index (χ3v) is 9.73. The third kappa shape index (κ3) is 2.25. The molecular formula is C23H34O3. The molecular weight excluding hydrogens is 324 g/mol. The number of aliphatic hydroxyl groups excluding tert-OH is 1. The first kappa shape index (κ1) is 17.3. The summed E-state index contributed by atoms with van der Waals surface area (Å²) < 4.78 is 5.23. The zero-order chi connectivity index (χ0) is 17.9. The molecule has 26 heavy (non-hydrogen) atoms. The molecule has 1 aliphatic heterocycles. The van der Waals surface area contributed by atoms with E-state index in [-0.39, 0.29) is 18.0 Å². The zero-order valence-corrected chi connectivity index (χ0v) is 16.2. The number of fused-ring (bicyclic) bond motifs is 5. The molecule has 1 heterocycles. The number of hydrogen-bond acceptors (Lipinski definition) is 3. The van der Waals surface area contributed by atoms with Gasteiger partial charge in [-0.15, -0.1) is 0 Å². The minimum absolute atomic E-state index is 0.0127. The number of rotatable bonds is 2. The van der Waals surface area contributed by atoms with Crippen LogP contribution in [0.4, 0.5) is 0 Å². The maximum atomic E-state index is 11.6. The van der Waals surface area contributed by atoms with E-state index in [0.29, 0.717) is 23.9 Å². The highest BCUT2D eigenvalue weighted by atomic mass is 16.5. The molecule has 0 aromatic rings. The smallest absolute Gasteiger partial charge is 0.331 e. The van der Waals surface area contributed by atoms with Crippen LogP contribution < -0.4 is 0 Å². The SMILES string of the molecule is C[C@]12CCCCC1CC[C@H]1[C@H]3CC[C@H](C4=CC(=O)OC4)[C@@]3(CO)CC[C@@H]12. The highest BCUT2D eigenvalue weighted by Gasteiger charge is 2.61. The predicted molar refractivity (Wildman–Crippen MR) is 100 cm³/mol. The van der Waals surface area contributed by atoms with Crippen molar-refractivity contribution in [1.29, 1.82) is 0 Å². The van der Waals surface area contributed by atoms with Crippen molar-refractivity contribution < 1.29 is 14.6 Å². The fourth-order valence-corrected chi connectivity index (χ4v) is 8.56. The van der Waals surface area contributed by atoms with Crippen molar-refractivity contribution >= 4 is 5.97 Å². The molecule has 4 saturated carbocycles. The number of carbonyl (C=O) groups is 1. The molecule has 144 valence electrons. The average Bonchev–Trinajstić information content (AvgIpc) is 3.24. The molecule has 0 aromatic carbocycles. The van der Waals surface area contributed by atoms with Crippen LogP contribution in [-0.4, -0.2) is 24.3 Å². The molecule has 1 unspecified atom stereocenters. The van der Waals surface area contributed by atoms with Gasteiger partial charge in [0.05, 0.1) is 0 Å². The van der Waals surface area contributed by atoms with Gasteiger partial charge in [-0.2, -0.15) is 0 Å². The van der Waals surface area contributed by atoms with Crippen molar-refractivity contribution in [3.63, 3.8) is 0 Å². The number of esters is 1. The van der Waals surface area contributed by atoms with Gasteiger partial charge in [-0.1, -0.05) is 19.8 Å². The summed E-state index contributed by atoms with van der Waals surface area (Å²) in [5, 5.41) is 10.6. The molecule has 0 amide bonds. The van der Waals surface area contributed by atoms with Crippen LogP contribution in [0.3, 0.4) is 0 Å². The molecule has 4 aliphatic carbocycles. The maximum Gasteiger partial charge on any atom is 0.331 e. The van der Waals surface area contributed by atoms with Gasteiger partial charge in [0.25, 0.3) is 0 Å². The van der Waals surface area contributed by atoms with Gasteiger partial charge in [-0.3, -0.25) is 0 Å². The van der Waals surface area contributed by atoms with E-state index < -0.39 is 0 Å². The second-order valence-corrected chi connectivity index (χ2v) is 10.3. The first-order valence-corrected chi connectivity index (χ1v) is 11.1. The Labute approximate surface area is 157 Å². The van der Waals surface area contributed by atoms with E-state index in [1.54, 1.807) is 6.08 Å². The van der Waals surface area contributed by atoms with Crippen LogP contribution in [0.15, 0.2) is 11.6 Å². The molecule has 0 saturated heterocycles. The second-order valence-electron chi connectivity index (χ2n) is 10.3. The Morgan fingerprint density at radius 3 is 2.73 bits per heavy atom. The molecule has 7 atom stereocenters. The molecule has 0 spiro atoms. The lowest BCUT2D eigenvalue weighted by molar-refractivity contribution is -0.135. The van der Waals surface area contributed by atoms with Crippen molar-refractivity contribution in [3.8, 4) is 0 Å². The molecule has 4 fully saturated rings. The average molecular weight is 359 g/mol. The van der Waals surface area contributed by atoms with Crippen molar-refractivity contribution in [2.75, 3.05) is 13.2 Å². The normalized spacial score (nSPS) is 50.5. The second kappa shape index (κ2) is 6.09. The van der Waals surface area contributed by atoms with Gasteiger partial charge < -0.3 is 9.84 Å². The van der Waals surface area contributed by atoms with Gasteiger partial charge in [0.15, 0.2) is 0 Å². The van der Waals surface area contributed by atoms with Crippen LogP contribution in [0.25, 0.3) is 0 Å². The number of aliphatic hydroxyl groups is 1. The van der Waals surface area contributed by atoms with E-state index in [0.717, 1.165) is 30.6 Å².